The van der Waals surface area contributed by atoms with Crippen molar-refractivity contribution in [1.82, 2.24) is 14.7 Å². The van der Waals surface area contributed by atoms with Gasteiger partial charge < -0.3 is 14.7 Å². The summed E-state index contributed by atoms with van der Waals surface area (Å²) in [6, 6.07) is 10.5. The second-order valence-corrected chi connectivity index (χ2v) is 7.00. The van der Waals surface area contributed by atoms with Gasteiger partial charge in [0.1, 0.15) is 0 Å². The number of nitrogens with zero attached hydrogens (tertiary/aromatic N) is 3. The van der Waals surface area contributed by atoms with E-state index in [2.05, 4.69) is 34.1 Å². The van der Waals surface area contributed by atoms with Crippen molar-refractivity contribution in [1.29, 1.82) is 0 Å². The normalized spacial score (nSPS) is 25.4. The Morgan fingerprint density at radius 2 is 1.92 bits per heavy atom. The first-order valence-electron chi connectivity index (χ1n) is 9.11. The Morgan fingerprint density at radius 1 is 1.20 bits per heavy atom. The van der Waals surface area contributed by atoms with Crippen molar-refractivity contribution >= 4 is 5.91 Å². The number of amides is 1. The van der Waals surface area contributed by atoms with Gasteiger partial charge in [-0.25, -0.2) is 0 Å². The number of hydrogen-bond donors (Lipinski definition) is 1. The number of methoxy groups -OCH3 is 1. The first kappa shape index (κ1) is 18.3. The Hall–Kier alpha value is -1.47. The summed E-state index contributed by atoms with van der Waals surface area (Å²) >= 11 is 0. The first-order chi connectivity index (χ1) is 12.2. The van der Waals surface area contributed by atoms with Crippen LogP contribution in [0.1, 0.15) is 12.0 Å². The maximum Gasteiger partial charge on any atom is 0.236 e. The lowest BCUT2D eigenvalue weighted by Gasteiger charge is -2.36. The van der Waals surface area contributed by atoms with Gasteiger partial charge in [0.25, 0.3) is 0 Å². The smallest absolute Gasteiger partial charge is 0.236 e. The van der Waals surface area contributed by atoms with E-state index >= 15 is 0 Å². The third-order valence-electron chi connectivity index (χ3n) is 5.35. The predicted molar refractivity (Wildman–Crippen MR) is 96.2 cm³/mol. The summed E-state index contributed by atoms with van der Waals surface area (Å²) in [6.45, 7) is 5.49. The monoisotopic (exact) mass is 347 g/mol. The van der Waals surface area contributed by atoms with Crippen molar-refractivity contribution in [2.75, 3.05) is 53.0 Å². The topological polar surface area (TPSA) is 56.3 Å². The molecular formula is C19H29N3O3. The van der Waals surface area contributed by atoms with E-state index in [1.807, 2.05) is 11.0 Å². The number of aliphatic hydroxyl groups is 1. The van der Waals surface area contributed by atoms with Gasteiger partial charge in [-0.2, -0.15) is 0 Å². The Balaban J connectivity index is 1.45. The molecule has 2 fully saturated rings. The number of rotatable bonds is 6. The molecule has 0 radical (unpaired) electrons. The van der Waals surface area contributed by atoms with Gasteiger partial charge in [0, 0.05) is 52.4 Å². The number of carbonyl (C=O) groups is 1. The van der Waals surface area contributed by atoms with E-state index in [1.54, 1.807) is 7.11 Å². The maximum atomic E-state index is 12.6. The molecule has 1 aromatic carbocycles. The summed E-state index contributed by atoms with van der Waals surface area (Å²) in [4.78, 5) is 19.0. The van der Waals surface area contributed by atoms with Crippen LogP contribution in [0.2, 0.25) is 0 Å². The van der Waals surface area contributed by atoms with Gasteiger partial charge in [0.2, 0.25) is 5.91 Å². The maximum absolute atomic E-state index is 12.6. The standard InChI is InChI=1S/C19H29N3O3/c1-25-18-11-17(15-23)22(13-18)14-19(24)21-9-7-20(8-10-21)12-16-5-3-2-4-6-16/h2-6,17-18,23H,7-15H2,1H3/t17-,18-/m0/s1. The number of benzene rings is 1. The molecule has 1 N–H and O–H groups in total. The fourth-order valence-corrected chi connectivity index (χ4v) is 3.76. The second kappa shape index (κ2) is 8.76. The molecule has 0 aliphatic carbocycles. The Labute approximate surface area is 150 Å². The van der Waals surface area contributed by atoms with Crippen molar-refractivity contribution in [3.63, 3.8) is 0 Å². The highest BCUT2D eigenvalue weighted by Gasteiger charge is 2.34. The fourth-order valence-electron chi connectivity index (χ4n) is 3.76. The minimum Gasteiger partial charge on any atom is -0.395 e. The zero-order valence-electron chi connectivity index (χ0n) is 15.0. The van der Waals surface area contributed by atoms with Crippen LogP contribution in [0.3, 0.4) is 0 Å². The van der Waals surface area contributed by atoms with Gasteiger partial charge in [-0.15, -0.1) is 0 Å². The third kappa shape index (κ3) is 4.79. The molecule has 0 spiro atoms. The van der Waals surface area contributed by atoms with E-state index < -0.39 is 0 Å². The molecule has 3 rings (SSSR count). The first-order valence-corrected chi connectivity index (χ1v) is 9.11. The van der Waals surface area contributed by atoms with Crippen LogP contribution >= 0.6 is 0 Å². The third-order valence-corrected chi connectivity index (χ3v) is 5.35. The van der Waals surface area contributed by atoms with Crippen molar-refractivity contribution < 1.29 is 14.6 Å². The van der Waals surface area contributed by atoms with Gasteiger partial charge in [-0.1, -0.05) is 30.3 Å². The summed E-state index contributed by atoms with van der Waals surface area (Å²) in [6.07, 6.45) is 0.915. The number of aliphatic hydroxyl groups excluding tert-OH is 1. The van der Waals surface area contributed by atoms with Crippen LogP contribution in [0.25, 0.3) is 0 Å². The van der Waals surface area contributed by atoms with Gasteiger partial charge in [-0.3, -0.25) is 14.6 Å². The van der Waals surface area contributed by atoms with Gasteiger partial charge in [-0.05, 0) is 12.0 Å². The van der Waals surface area contributed by atoms with Crippen molar-refractivity contribution in [3.05, 3.63) is 35.9 Å². The van der Waals surface area contributed by atoms with E-state index in [1.165, 1.54) is 5.56 Å². The van der Waals surface area contributed by atoms with Crippen LogP contribution in [-0.4, -0.2) is 90.8 Å². The molecule has 2 aliphatic rings. The molecule has 2 heterocycles. The van der Waals surface area contributed by atoms with Crippen LogP contribution < -0.4 is 0 Å². The average molecular weight is 347 g/mol. The molecule has 0 aromatic heterocycles. The lowest BCUT2D eigenvalue weighted by molar-refractivity contribution is -0.134. The van der Waals surface area contributed by atoms with Crippen LogP contribution in [0.15, 0.2) is 30.3 Å². The molecule has 0 bridgehead atoms. The molecule has 2 saturated heterocycles. The molecule has 1 aromatic rings. The van der Waals surface area contributed by atoms with Crippen LogP contribution in [0.4, 0.5) is 0 Å². The van der Waals surface area contributed by atoms with Crippen molar-refractivity contribution in [2.24, 2.45) is 0 Å². The molecule has 2 atom stereocenters. The second-order valence-electron chi connectivity index (χ2n) is 7.00. The zero-order valence-corrected chi connectivity index (χ0v) is 15.0. The fraction of sp³-hybridized carbons (Fsp3) is 0.632. The summed E-state index contributed by atoms with van der Waals surface area (Å²) < 4.78 is 5.39. The average Bonchev–Trinajstić information content (AvgIpc) is 3.05. The largest absolute Gasteiger partial charge is 0.395 e. The molecule has 6 nitrogen and oxygen atoms in total. The number of hydrogen-bond acceptors (Lipinski definition) is 5. The Bertz CT molecular complexity index is 546. The SMILES string of the molecule is CO[C@H]1C[C@@H](CO)N(CC(=O)N2CCN(Cc3ccccc3)CC2)C1. The minimum atomic E-state index is 0.0354. The highest BCUT2D eigenvalue weighted by Crippen LogP contribution is 2.20. The molecule has 0 unspecified atom stereocenters. The lowest BCUT2D eigenvalue weighted by Crippen LogP contribution is -2.51. The molecule has 138 valence electrons. The highest BCUT2D eigenvalue weighted by atomic mass is 16.5. The molecular weight excluding hydrogens is 318 g/mol. The summed E-state index contributed by atoms with van der Waals surface area (Å²) in [5, 5.41) is 9.52. The van der Waals surface area contributed by atoms with Gasteiger partial charge in [0.05, 0.1) is 19.3 Å². The Kier molecular flexibility index (Phi) is 6.42. The lowest BCUT2D eigenvalue weighted by atomic mass is 10.2. The number of ether oxygens (including phenoxy) is 1. The van der Waals surface area contributed by atoms with E-state index in [-0.39, 0.29) is 24.7 Å². The molecule has 6 heteroatoms. The van der Waals surface area contributed by atoms with Gasteiger partial charge >= 0.3 is 0 Å². The predicted octanol–water partition coefficient (Wildman–Crippen LogP) is 0.412. The van der Waals surface area contributed by atoms with Crippen LogP contribution in [0.5, 0.6) is 0 Å². The number of piperazine rings is 1. The molecule has 25 heavy (non-hydrogen) atoms. The zero-order chi connectivity index (χ0) is 17.6. The highest BCUT2D eigenvalue weighted by molar-refractivity contribution is 5.78. The van der Waals surface area contributed by atoms with Crippen LogP contribution in [0, 0.1) is 0 Å². The van der Waals surface area contributed by atoms with Crippen LogP contribution in [-0.2, 0) is 16.1 Å². The number of likely N-dealkylation sites (tertiary alicyclic amines) is 1. The Morgan fingerprint density at radius 3 is 2.56 bits per heavy atom. The van der Waals surface area contributed by atoms with E-state index in [9.17, 15) is 9.90 Å². The van der Waals surface area contributed by atoms with E-state index in [0.717, 1.165) is 45.7 Å². The van der Waals surface area contributed by atoms with Crippen molar-refractivity contribution in [3.8, 4) is 0 Å². The van der Waals surface area contributed by atoms with Gasteiger partial charge in [0.15, 0.2) is 0 Å². The molecule has 2 aliphatic heterocycles. The molecule has 0 saturated carbocycles. The quantitative estimate of drug-likeness (QED) is 0.808. The minimum absolute atomic E-state index is 0.0354. The van der Waals surface area contributed by atoms with E-state index in [0.29, 0.717) is 6.54 Å². The summed E-state index contributed by atoms with van der Waals surface area (Å²) in [7, 11) is 1.69. The van der Waals surface area contributed by atoms with E-state index in [4.69, 9.17) is 4.74 Å². The summed E-state index contributed by atoms with van der Waals surface area (Å²) in [5.74, 6) is 0.162. The molecule has 1 amide bonds. The number of carbonyl (C=O) groups excluding carboxylic acids is 1. The van der Waals surface area contributed by atoms with Crippen molar-refractivity contribution in [2.45, 2.75) is 25.1 Å². The summed E-state index contributed by atoms with van der Waals surface area (Å²) in [5.41, 5.74) is 1.32.